The van der Waals surface area contributed by atoms with Crippen LogP contribution in [0, 0.1) is 0 Å². The van der Waals surface area contributed by atoms with E-state index < -0.39 is 0 Å². The molecule has 0 heterocycles. The summed E-state index contributed by atoms with van der Waals surface area (Å²) in [5.41, 5.74) is 0.986. The van der Waals surface area contributed by atoms with Gasteiger partial charge in [0, 0.05) is 26.6 Å². The zero-order valence-corrected chi connectivity index (χ0v) is 12.8. The first kappa shape index (κ1) is 16.0. The molecule has 1 rings (SSSR count). The molecule has 0 bridgehead atoms. The molecule has 0 saturated heterocycles. The number of carbonyl (C=O) groups excluding carboxylic acids is 1. The maximum Gasteiger partial charge on any atom is 0.216 e. The average molecular weight is 320 g/mol. The van der Waals surface area contributed by atoms with Crippen LogP contribution in [-0.4, -0.2) is 24.1 Å². The van der Waals surface area contributed by atoms with Crippen molar-refractivity contribution in [2.24, 2.45) is 0 Å². The molecular formula is C12H15Cl2N3OS. The molecule has 4 nitrogen and oxygen atoms in total. The van der Waals surface area contributed by atoms with E-state index in [0.717, 1.165) is 5.56 Å². The zero-order valence-electron chi connectivity index (χ0n) is 10.4. The number of hydrogen-bond acceptors (Lipinski definition) is 2. The number of carbonyl (C=O) groups is 1. The summed E-state index contributed by atoms with van der Waals surface area (Å²) >= 11 is 16.8. The van der Waals surface area contributed by atoms with E-state index in [9.17, 15) is 4.79 Å². The molecular weight excluding hydrogens is 305 g/mol. The van der Waals surface area contributed by atoms with E-state index in [1.165, 1.54) is 6.92 Å². The van der Waals surface area contributed by atoms with Crippen LogP contribution in [0.25, 0.3) is 0 Å². The largest absolute Gasteiger partial charge is 0.361 e. The van der Waals surface area contributed by atoms with Crippen molar-refractivity contribution >= 4 is 46.4 Å². The van der Waals surface area contributed by atoms with E-state index in [1.54, 1.807) is 12.1 Å². The van der Waals surface area contributed by atoms with Crippen LogP contribution in [0.1, 0.15) is 12.5 Å². The lowest BCUT2D eigenvalue weighted by molar-refractivity contribution is -0.118. The SMILES string of the molecule is CC(=O)NCCNC(=S)NCc1ccc(Cl)c(Cl)c1. The summed E-state index contributed by atoms with van der Waals surface area (Å²) in [5, 5.41) is 10.3. The second-order valence-electron chi connectivity index (χ2n) is 3.84. The third kappa shape index (κ3) is 6.61. The maximum absolute atomic E-state index is 10.6. The van der Waals surface area contributed by atoms with Crippen molar-refractivity contribution in [2.75, 3.05) is 13.1 Å². The Labute approximate surface area is 127 Å². The number of nitrogens with one attached hydrogen (secondary N) is 3. The lowest BCUT2D eigenvalue weighted by atomic mass is 10.2. The summed E-state index contributed by atoms with van der Waals surface area (Å²) in [6, 6.07) is 5.41. The second-order valence-corrected chi connectivity index (χ2v) is 5.06. The van der Waals surface area contributed by atoms with E-state index in [0.29, 0.717) is 34.8 Å². The van der Waals surface area contributed by atoms with Crippen LogP contribution in [0.5, 0.6) is 0 Å². The first-order valence-electron chi connectivity index (χ1n) is 5.69. The number of amides is 1. The maximum atomic E-state index is 10.6. The first-order chi connectivity index (χ1) is 8.99. The Morgan fingerprint density at radius 1 is 1.16 bits per heavy atom. The van der Waals surface area contributed by atoms with Gasteiger partial charge in [0.15, 0.2) is 5.11 Å². The molecule has 0 atom stereocenters. The molecule has 0 aliphatic rings. The minimum absolute atomic E-state index is 0.0588. The fourth-order valence-corrected chi connectivity index (χ4v) is 1.80. The Hall–Kier alpha value is -1.04. The summed E-state index contributed by atoms with van der Waals surface area (Å²) in [4.78, 5) is 10.6. The molecule has 0 aliphatic heterocycles. The minimum atomic E-state index is -0.0588. The highest BCUT2D eigenvalue weighted by Crippen LogP contribution is 2.22. The van der Waals surface area contributed by atoms with Crippen molar-refractivity contribution in [3.05, 3.63) is 33.8 Å². The van der Waals surface area contributed by atoms with Crippen molar-refractivity contribution in [3.63, 3.8) is 0 Å². The van der Waals surface area contributed by atoms with Gasteiger partial charge in [-0.1, -0.05) is 29.3 Å². The van der Waals surface area contributed by atoms with Gasteiger partial charge in [-0.05, 0) is 29.9 Å². The Morgan fingerprint density at radius 3 is 2.47 bits per heavy atom. The Bertz CT molecular complexity index is 468. The van der Waals surface area contributed by atoms with E-state index in [2.05, 4.69) is 16.0 Å². The molecule has 0 aliphatic carbocycles. The van der Waals surface area contributed by atoms with Crippen LogP contribution >= 0.6 is 35.4 Å². The molecule has 1 aromatic carbocycles. The van der Waals surface area contributed by atoms with Gasteiger partial charge in [0.1, 0.15) is 0 Å². The molecule has 0 unspecified atom stereocenters. The van der Waals surface area contributed by atoms with Gasteiger partial charge in [-0.15, -0.1) is 0 Å². The van der Waals surface area contributed by atoms with Crippen LogP contribution in [0.15, 0.2) is 18.2 Å². The molecule has 1 aromatic rings. The molecule has 3 N–H and O–H groups in total. The number of hydrogen-bond donors (Lipinski definition) is 3. The molecule has 7 heteroatoms. The van der Waals surface area contributed by atoms with Crippen LogP contribution in [0.3, 0.4) is 0 Å². The molecule has 104 valence electrons. The van der Waals surface area contributed by atoms with Crippen molar-refractivity contribution in [1.29, 1.82) is 0 Å². The van der Waals surface area contributed by atoms with Gasteiger partial charge in [0.05, 0.1) is 10.0 Å². The fourth-order valence-electron chi connectivity index (χ4n) is 1.31. The molecule has 0 radical (unpaired) electrons. The average Bonchev–Trinajstić information content (AvgIpc) is 2.36. The monoisotopic (exact) mass is 319 g/mol. The molecule has 0 saturated carbocycles. The molecule has 0 fully saturated rings. The lowest BCUT2D eigenvalue weighted by Gasteiger charge is -2.11. The molecule has 19 heavy (non-hydrogen) atoms. The number of rotatable bonds is 5. The van der Waals surface area contributed by atoms with Crippen molar-refractivity contribution in [2.45, 2.75) is 13.5 Å². The van der Waals surface area contributed by atoms with Crippen LogP contribution < -0.4 is 16.0 Å². The van der Waals surface area contributed by atoms with E-state index in [1.807, 2.05) is 6.07 Å². The quantitative estimate of drug-likeness (QED) is 0.574. The van der Waals surface area contributed by atoms with Crippen LogP contribution in [0.2, 0.25) is 10.0 Å². The van der Waals surface area contributed by atoms with Crippen molar-refractivity contribution in [1.82, 2.24) is 16.0 Å². The predicted octanol–water partition coefficient (Wildman–Crippen LogP) is 2.09. The number of thiocarbonyl (C=S) groups is 1. The Balaban J connectivity index is 2.26. The van der Waals surface area contributed by atoms with Gasteiger partial charge in [-0.2, -0.15) is 0 Å². The van der Waals surface area contributed by atoms with Gasteiger partial charge in [0.25, 0.3) is 0 Å². The topological polar surface area (TPSA) is 53.2 Å². The molecule has 0 spiro atoms. The predicted molar refractivity (Wildman–Crippen MR) is 82.6 cm³/mol. The highest BCUT2D eigenvalue weighted by atomic mass is 35.5. The first-order valence-corrected chi connectivity index (χ1v) is 6.85. The van der Waals surface area contributed by atoms with E-state index in [-0.39, 0.29) is 5.91 Å². The molecule has 0 aromatic heterocycles. The van der Waals surface area contributed by atoms with Gasteiger partial charge in [-0.25, -0.2) is 0 Å². The summed E-state index contributed by atoms with van der Waals surface area (Å²) in [7, 11) is 0. The van der Waals surface area contributed by atoms with Gasteiger partial charge < -0.3 is 16.0 Å². The standard InChI is InChI=1S/C12H15Cl2N3OS/c1-8(18)15-4-5-16-12(19)17-7-9-2-3-10(13)11(14)6-9/h2-3,6H,4-5,7H2,1H3,(H,15,18)(H2,16,17,19). The van der Waals surface area contributed by atoms with Crippen molar-refractivity contribution < 1.29 is 4.79 Å². The summed E-state index contributed by atoms with van der Waals surface area (Å²) in [6.07, 6.45) is 0. The molecule has 1 amide bonds. The van der Waals surface area contributed by atoms with Crippen molar-refractivity contribution in [3.8, 4) is 0 Å². The fraction of sp³-hybridized carbons (Fsp3) is 0.333. The number of benzene rings is 1. The minimum Gasteiger partial charge on any atom is -0.361 e. The van der Waals surface area contributed by atoms with Gasteiger partial charge >= 0.3 is 0 Å². The lowest BCUT2D eigenvalue weighted by Crippen LogP contribution is -2.39. The highest BCUT2D eigenvalue weighted by molar-refractivity contribution is 7.80. The Kier molecular flexibility index (Phi) is 6.91. The van der Waals surface area contributed by atoms with Crippen LogP contribution in [0.4, 0.5) is 0 Å². The third-order valence-corrected chi connectivity index (χ3v) is 3.25. The summed E-state index contributed by atoms with van der Waals surface area (Å²) in [5.74, 6) is -0.0588. The Morgan fingerprint density at radius 2 is 1.84 bits per heavy atom. The van der Waals surface area contributed by atoms with Gasteiger partial charge in [0.2, 0.25) is 5.91 Å². The smallest absolute Gasteiger partial charge is 0.216 e. The second kappa shape index (κ2) is 8.19. The number of halogens is 2. The third-order valence-electron chi connectivity index (χ3n) is 2.22. The van der Waals surface area contributed by atoms with Gasteiger partial charge in [-0.3, -0.25) is 4.79 Å². The zero-order chi connectivity index (χ0) is 14.3. The van der Waals surface area contributed by atoms with E-state index in [4.69, 9.17) is 35.4 Å². The van der Waals surface area contributed by atoms with E-state index >= 15 is 0 Å². The summed E-state index contributed by atoms with van der Waals surface area (Å²) in [6.45, 7) is 3.14. The normalized spacial score (nSPS) is 9.84. The summed E-state index contributed by atoms with van der Waals surface area (Å²) < 4.78 is 0. The van der Waals surface area contributed by atoms with Crippen LogP contribution in [-0.2, 0) is 11.3 Å². The highest BCUT2D eigenvalue weighted by Gasteiger charge is 2.00.